The fourth-order valence-electron chi connectivity index (χ4n) is 1.84. The molecule has 2 rings (SSSR count). The molecule has 0 radical (unpaired) electrons. The molecule has 21 heavy (non-hydrogen) atoms. The summed E-state index contributed by atoms with van der Waals surface area (Å²) < 4.78 is 27.2. The maximum atomic E-state index is 12.4. The number of rotatable bonds is 4. The average Bonchev–Trinajstić information content (AvgIpc) is 2.38. The Balaban J connectivity index is 2.44. The van der Waals surface area contributed by atoms with Gasteiger partial charge in [-0.05, 0) is 43.7 Å². The van der Waals surface area contributed by atoms with Gasteiger partial charge in [0.05, 0.1) is 16.1 Å². The van der Waals surface area contributed by atoms with Gasteiger partial charge in [0, 0.05) is 11.9 Å². The van der Waals surface area contributed by atoms with E-state index in [0.29, 0.717) is 16.9 Å². The molecule has 2 N–H and O–H groups in total. The summed E-state index contributed by atoms with van der Waals surface area (Å²) in [7, 11) is -3.86. The van der Waals surface area contributed by atoms with E-state index in [-0.39, 0.29) is 10.5 Å². The van der Waals surface area contributed by atoms with Crippen molar-refractivity contribution in [3.63, 3.8) is 0 Å². The van der Waals surface area contributed by atoms with Crippen LogP contribution in [0.5, 0.6) is 0 Å². The van der Waals surface area contributed by atoms with Gasteiger partial charge in [0.15, 0.2) is 0 Å². The second-order valence-electron chi connectivity index (χ2n) is 4.58. The predicted octanol–water partition coefficient (Wildman–Crippen LogP) is 2.20. The highest BCUT2D eigenvalue weighted by Crippen LogP contribution is 2.21. The van der Waals surface area contributed by atoms with Gasteiger partial charge in [-0.2, -0.15) is 0 Å². The van der Waals surface area contributed by atoms with E-state index in [2.05, 4.69) is 9.71 Å². The highest BCUT2D eigenvalue weighted by atomic mass is 32.2. The lowest BCUT2D eigenvalue weighted by molar-refractivity contribution is 0.0696. The molecule has 0 amide bonds. The number of nitrogens with zero attached hydrogens (tertiary/aromatic N) is 1. The molecule has 0 saturated carbocycles. The topological polar surface area (TPSA) is 96.4 Å². The van der Waals surface area contributed by atoms with Crippen LogP contribution in [-0.2, 0) is 10.0 Å². The largest absolute Gasteiger partial charge is 0.478 e. The molecule has 0 aliphatic heterocycles. The number of carboxylic acid groups (broad SMARTS) is 1. The van der Waals surface area contributed by atoms with Crippen molar-refractivity contribution < 1.29 is 18.3 Å². The van der Waals surface area contributed by atoms with E-state index in [1.54, 1.807) is 19.9 Å². The lowest BCUT2D eigenvalue weighted by Crippen LogP contribution is -2.15. The highest BCUT2D eigenvalue weighted by molar-refractivity contribution is 7.92. The summed E-state index contributed by atoms with van der Waals surface area (Å²) in [6, 6.07) is 7.10. The lowest BCUT2D eigenvalue weighted by Gasteiger charge is -2.11. The number of nitrogens with one attached hydrogen (secondary N) is 1. The zero-order chi connectivity index (χ0) is 15.6. The molecule has 0 atom stereocenters. The fourth-order valence-corrected chi connectivity index (χ4v) is 3.16. The van der Waals surface area contributed by atoms with Gasteiger partial charge in [0.2, 0.25) is 0 Å². The molecule has 0 spiro atoms. The van der Waals surface area contributed by atoms with Crippen LogP contribution in [-0.4, -0.2) is 24.5 Å². The Morgan fingerprint density at radius 2 is 1.90 bits per heavy atom. The van der Waals surface area contributed by atoms with Crippen LogP contribution in [0.2, 0.25) is 0 Å². The van der Waals surface area contributed by atoms with Gasteiger partial charge in [-0.3, -0.25) is 9.71 Å². The maximum absolute atomic E-state index is 12.4. The van der Waals surface area contributed by atoms with E-state index in [1.807, 2.05) is 0 Å². The van der Waals surface area contributed by atoms with E-state index in [1.165, 1.54) is 24.4 Å². The normalized spacial score (nSPS) is 11.1. The number of aromatic carboxylic acids is 1. The molecule has 1 heterocycles. The standard InChI is InChI=1S/C14H14N2O4S/c1-9-3-4-11(14(17)18)8-13(9)21(19,20)16-12-5-6-15-10(2)7-12/h3-8H,1-2H3,(H,15,16)(H,17,18). The van der Waals surface area contributed by atoms with Crippen LogP contribution in [0.1, 0.15) is 21.6 Å². The van der Waals surface area contributed by atoms with Gasteiger partial charge < -0.3 is 5.11 Å². The molecule has 1 aromatic heterocycles. The van der Waals surface area contributed by atoms with Crippen LogP contribution in [0.4, 0.5) is 5.69 Å². The first-order chi connectivity index (χ1) is 9.79. The number of pyridine rings is 1. The average molecular weight is 306 g/mol. The summed E-state index contributed by atoms with van der Waals surface area (Å²) in [6.07, 6.45) is 1.49. The number of carbonyl (C=O) groups is 1. The summed E-state index contributed by atoms with van der Waals surface area (Å²) >= 11 is 0. The Labute approximate surface area is 122 Å². The summed E-state index contributed by atoms with van der Waals surface area (Å²) in [6.45, 7) is 3.35. The summed E-state index contributed by atoms with van der Waals surface area (Å²) in [5.74, 6) is -1.17. The number of sulfonamides is 1. The fraction of sp³-hybridized carbons (Fsp3) is 0.143. The van der Waals surface area contributed by atoms with E-state index < -0.39 is 16.0 Å². The SMILES string of the molecule is Cc1cc(NS(=O)(=O)c2cc(C(=O)O)ccc2C)ccn1. The van der Waals surface area contributed by atoms with E-state index in [0.717, 1.165) is 6.07 Å². The molecule has 1 aromatic carbocycles. The molecule has 2 aromatic rings. The molecule has 7 heteroatoms. The number of aromatic nitrogens is 1. The zero-order valence-corrected chi connectivity index (χ0v) is 12.3. The van der Waals surface area contributed by atoms with Crippen molar-refractivity contribution in [2.75, 3.05) is 4.72 Å². The molecule has 6 nitrogen and oxygen atoms in total. The number of hydrogen-bond acceptors (Lipinski definition) is 4. The van der Waals surface area contributed by atoms with E-state index in [4.69, 9.17) is 5.11 Å². The molecule has 110 valence electrons. The molecule has 0 unspecified atom stereocenters. The van der Waals surface area contributed by atoms with Crippen molar-refractivity contribution in [2.24, 2.45) is 0 Å². The Bertz CT molecular complexity index is 800. The predicted molar refractivity (Wildman–Crippen MR) is 77.9 cm³/mol. The first kappa shape index (κ1) is 15.0. The molecule has 0 aliphatic rings. The third-order valence-corrected chi connectivity index (χ3v) is 4.40. The molecular weight excluding hydrogens is 292 g/mol. The van der Waals surface area contributed by atoms with Crippen LogP contribution in [0.25, 0.3) is 0 Å². The van der Waals surface area contributed by atoms with Gasteiger partial charge in [0.25, 0.3) is 10.0 Å². The van der Waals surface area contributed by atoms with E-state index in [9.17, 15) is 13.2 Å². The van der Waals surface area contributed by atoms with Gasteiger partial charge in [-0.15, -0.1) is 0 Å². The minimum Gasteiger partial charge on any atom is -0.478 e. The number of carboxylic acids is 1. The second kappa shape index (κ2) is 5.53. The molecule has 0 aliphatic carbocycles. The lowest BCUT2D eigenvalue weighted by atomic mass is 10.1. The minimum absolute atomic E-state index is 0.0585. The second-order valence-corrected chi connectivity index (χ2v) is 6.23. The Kier molecular flexibility index (Phi) is 3.95. The monoisotopic (exact) mass is 306 g/mol. The van der Waals surface area contributed by atoms with Gasteiger partial charge in [0.1, 0.15) is 0 Å². The van der Waals surface area contributed by atoms with Gasteiger partial charge >= 0.3 is 5.97 Å². The van der Waals surface area contributed by atoms with Crippen molar-refractivity contribution in [2.45, 2.75) is 18.7 Å². The number of aryl methyl sites for hydroxylation is 2. The number of hydrogen-bond donors (Lipinski definition) is 2. The summed E-state index contributed by atoms with van der Waals surface area (Å²) in [4.78, 5) is 14.9. The van der Waals surface area contributed by atoms with Crippen LogP contribution >= 0.6 is 0 Å². The van der Waals surface area contributed by atoms with Crippen LogP contribution in [0.15, 0.2) is 41.4 Å². The first-order valence-corrected chi connectivity index (χ1v) is 7.57. The number of benzene rings is 1. The van der Waals surface area contributed by atoms with Crippen molar-refractivity contribution in [1.82, 2.24) is 4.98 Å². The summed E-state index contributed by atoms with van der Waals surface area (Å²) in [5.41, 5.74) is 1.44. The minimum atomic E-state index is -3.86. The van der Waals surface area contributed by atoms with Crippen LogP contribution in [0, 0.1) is 13.8 Å². The first-order valence-electron chi connectivity index (χ1n) is 6.09. The third-order valence-electron chi connectivity index (χ3n) is 2.87. The molecular formula is C14H14N2O4S. The van der Waals surface area contributed by atoms with Crippen molar-refractivity contribution >= 4 is 21.7 Å². The van der Waals surface area contributed by atoms with Gasteiger partial charge in [-0.1, -0.05) is 6.07 Å². The van der Waals surface area contributed by atoms with Crippen molar-refractivity contribution in [3.05, 3.63) is 53.3 Å². The van der Waals surface area contributed by atoms with Gasteiger partial charge in [-0.25, -0.2) is 13.2 Å². The quantitative estimate of drug-likeness (QED) is 0.902. The summed E-state index contributed by atoms with van der Waals surface area (Å²) in [5, 5.41) is 8.97. The zero-order valence-electron chi connectivity index (χ0n) is 11.5. The smallest absolute Gasteiger partial charge is 0.335 e. The Morgan fingerprint density at radius 3 is 2.52 bits per heavy atom. The Hall–Kier alpha value is -2.41. The van der Waals surface area contributed by atoms with Crippen LogP contribution in [0.3, 0.4) is 0 Å². The highest BCUT2D eigenvalue weighted by Gasteiger charge is 2.19. The Morgan fingerprint density at radius 1 is 1.19 bits per heavy atom. The van der Waals surface area contributed by atoms with Crippen LogP contribution < -0.4 is 4.72 Å². The van der Waals surface area contributed by atoms with Crippen molar-refractivity contribution in [1.29, 1.82) is 0 Å². The molecule has 0 saturated heterocycles. The number of anilines is 1. The maximum Gasteiger partial charge on any atom is 0.335 e. The van der Waals surface area contributed by atoms with E-state index >= 15 is 0 Å². The third kappa shape index (κ3) is 3.38. The molecule has 0 fully saturated rings. The van der Waals surface area contributed by atoms with Crippen molar-refractivity contribution in [3.8, 4) is 0 Å². The molecule has 0 bridgehead atoms.